The molecule has 1 aromatic heterocycles. The Morgan fingerprint density at radius 2 is 2.12 bits per heavy atom. The number of benzene rings is 1. The molecule has 0 aliphatic carbocycles. The Labute approximate surface area is 99.6 Å². The zero-order chi connectivity index (χ0) is 11.7. The van der Waals surface area contributed by atoms with E-state index < -0.39 is 0 Å². The lowest BCUT2D eigenvalue weighted by Gasteiger charge is -2.08. The molecule has 0 bridgehead atoms. The molecule has 2 heterocycles. The number of ether oxygens (including phenoxy) is 2. The fourth-order valence-electron chi connectivity index (χ4n) is 1.95. The molecular weight excluding hydrogens is 216 g/mol. The first-order chi connectivity index (χ1) is 8.38. The van der Waals surface area contributed by atoms with Crippen LogP contribution in [0, 0.1) is 0 Å². The van der Waals surface area contributed by atoms with Crippen LogP contribution in [0.2, 0.25) is 0 Å². The summed E-state index contributed by atoms with van der Waals surface area (Å²) >= 11 is 0. The minimum Gasteiger partial charge on any atom is -0.454 e. The van der Waals surface area contributed by atoms with Crippen LogP contribution in [-0.4, -0.2) is 18.3 Å². The quantitative estimate of drug-likeness (QED) is 0.880. The first kappa shape index (κ1) is 10.2. The number of aromatic nitrogens is 1. The summed E-state index contributed by atoms with van der Waals surface area (Å²) < 4.78 is 10.8. The van der Waals surface area contributed by atoms with Crippen molar-refractivity contribution in [2.45, 2.75) is 13.3 Å². The molecule has 17 heavy (non-hydrogen) atoms. The molecule has 0 spiro atoms. The van der Waals surface area contributed by atoms with Gasteiger partial charge in [0.15, 0.2) is 11.5 Å². The molecule has 0 radical (unpaired) electrons. The van der Waals surface area contributed by atoms with Gasteiger partial charge in [0.2, 0.25) is 6.79 Å². The number of pyridine rings is 1. The van der Waals surface area contributed by atoms with E-state index in [0.717, 1.165) is 41.1 Å². The average Bonchev–Trinajstić information content (AvgIpc) is 2.80. The van der Waals surface area contributed by atoms with Crippen LogP contribution in [0.1, 0.15) is 13.3 Å². The van der Waals surface area contributed by atoms with E-state index >= 15 is 0 Å². The SMILES string of the molecule is CCCNc1nccc2cc3c(cc12)OCO3. The number of nitrogens with one attached hydrogen (secondary N) is 1. The number of rotatable bonds is 3. The molecule has 1 aliphatic rings. The van der Waals surface area contributed by atoms with Crippen LogP contribution in [0.25, 0.3) is 10.8 Å². The first-order valence-corrected chi connectivity index (χ1v) is 5.80. The maximum absolute atomic E-state index is 5.39. The predicted molar refractivity (Wildman–Crippen MR) is 66.6 cm³/mol. The molecule has 0 atom stereocenters. The van der Waals surface area contributed by atoms with Gasteiger partial charge in [0, 0.05) is 18.1 Å². The first-order valence-electron chi connectivity index (χ1n) is 5.80. The number of hydrogen-bond acceptors (Lipinski definition) is 4. The van der Waals surface area contributed by atoms with Crippen LogP contribution in [0.3, 0.4) is 0 Å². The number of hydrogen-bond donors (Lipinski definition) is 1. The third kappa shape index (κ3) is 1.75. The van der Waals surface area contributed by atoms with Crippen molar-refractivity contribution in [1.29, 1.82) is 0 Å². The predicted octanol–water partition coefficient (Wildman–Crippen LogP) is 2.79. The summed E-state index contributed by atoms with van der Waals surface area (Å²) in [5.41, 5.74) is 0. The molecular formula is C13H14N2O2. The number of fused-ring (bicyclic) bond motifs is 2. The third-order valence-electron chi connectivity index (χ3n) is 2.80. The summed E-state index contributed by atoms with van der Waals surface area (Å²) in [6.07, 6.45) is 2.88. The van der Waals surface area contributed by atoms with Gasteiger partial charge in [-0.3, -0.25) is 0 Å². The van der Waals surface area contributed by atoms with E-state index in [9.17, 15) is 0 Å². The molecule has 0 unspecified atom stereocenters. The fraction of sp³-hybridized carbons (Fsp3) is 0.308. The highest BCUT2D eigenvalue weighted by Crippen LogP contribution is 2.37. The van der Waals surface area contributed by atoms with Crippen LogP contribution in [-0.2, 0) is 0 Å². The van der Waals surface area contributed by atoms with Crippen molar-refractivity contribution < 1.29 is 9.47 Å². The topological polar surface area (TPSA) is 43.4 Å². The summed E-state index contributed by atoms with van der Waals surface area (Å²) in [5.74, 6) is 2.51. The molecule has 3 rings (SSSR count). The van der Waals surface area contributed by atoms with Crippen LogP contribution in [0.4, 0.5) is 5.82 Å². The zero-order valence-corrected chi connectivity index (χ0v) is 9.69. The second-order valence-corrected chi connectivity index (χ2v) is 4.01. The molecule has 0 saturated carbocycles. The van der Waals surface area contributed by atoms with Gasteiger partial charge in [-0.1, -0.05) is 6.92 Å². The van der Waals surface area contributed by atoms with E-state index in [-0.39, 0.29) is 0 Å². The molecule has 0 saturated heterocycles. The highest BCUT2D eigenvalue weighted by molar-refractivity contribution is 5.94. The molecule has 0 amide bonds. The van der Waals surface area contributed by atoms with Crippen LogP contribution >= 0.6 is 0 Å². The van der Waals surface area contributed by atoms with E-state index in [1.165, 1.54) is 0 Å². The van der Waals surface area contributed by atoms with Crippen molar-refractivity contribution in [1.82, 2.24) is 4.98 Å². The van der Waals surface area contributed by atoms with Gasteiger partial charge in [-0.15, -0.1) is 0 Å². The second-order valence-electron chi connectivity index (χ2n) is 4.01. The van der Waals surface area contributed by atoms with Gasteiger partial charge in [0.25, 0.3) is 0 Å². The van der Waals surface area contributed by atoms with E-state index in [4.69, 9.17) is 9.47 Å². The summed E-state index contributed by atoms with van der Waals surface area (Å²) in [6.45, 7) is 3.35. The standard InChI is InChI=1S/C13H14N2O2/c1-2-4-14-13-10-7-12-11(16-8-17-12)6-9(10)3-5-15-13/h3,5-7H,2,4,8H2,1H3,(H,14,15). The zero-order valence-electron chi connectivity index (χ0n) is 9.69. The number of anilines is 1. The molecule has 0 fully saturated rings. The van der Waals surface area contributed by atoms with Crippen molar-refractivity contribution in [3.05, 3.63) is 24.4 Å². The van der Waals surface area contributed by atoms with Gasteiger partial charge in [0.05, 0.1) is 0 Å². The minimum atomic E-state index is 0.302. The Kier molecular flexibility index (Phi) is 2.48. The third-order valence-corrected chi connectivity index (χ3v) is 2.80. The van der Waals surface area contributed by atoms with Gasteiger partial charge >= 0.3 is 0 Å². The summed E-state index contributed by atoms with van der Waals surface area (Å²) in [4.78, 5) is 4.36. The van der Waals surface area contributed by atoms with Gasteiger partial charge in [0.1, 0.15) is 5.82 Å². The maximum atomic E-state index is 5.39. The Bertz CT molecular complexity index is 554. The van der Waals surface area contributed by atoms with Crippen molar-refractivity contribution in [3.8, 4) is 11.5 Å². The van der Waals surface area contributed by atoms with Crippen molar-refractivity contribution in [3.63, 3.8) is 0 Å². The van der Waals surface area contributed by atoms with E-state index in [1.807, 2.05) is 24.4 Å². The van der Waals surface area contributed by atoms with Crippen LogP contribution in [0.15, 0.2) is 24.4 Å². The summed E-state index contributed by atoms with van der Waals surface area (Å²) in [7, 11) is 0. The minimum absolute atomic E-state index is 0.302. The lowest BCUT2D eigenvalue weighted by atomic mass is 10.1. The van der Waals surface area contributed by atoms with E-state index in [1.54, 1.807) is 0 Å². The molecule has 88 valence electrons. The smallest absolute Gasteiger partial charge is 0.231 e. The lowest BCUT2D eigenvalue weighted by Crippen LogP contribution is -2.02. The molecule has 4 heteroatoms. The van der Waals surface area contributed by atoms with Gasteiger partial charge in [-0.05, 0) is 30.0 Å². The lowest BCUT2D eigenvalue weighted by molar-refractivity contribution is 0.174. The normalized spacial score (nSPS) is 13.0. The molecule has 1 aromatic carbocycles. The maximum Gasteiger partial charge on any atom is 0.231 e. The average molecular weight is 230 g/mol. The summed E-state index contributed by atoms with van der Waals surface area (Å²) in [5, 5.41) is 5.51. The monoisotopic (exact) mass is 230 g/mol. The Morgan fingerprint density at radius 1 is 1.29 bits per heavy atom. The Balaban J connectivity index is 2.11. The summed E-state index contributed by atoms with van der Waals surface area (Å²) in [6, 6.07) is 5.97. The van der Waals surface area contributed by atoms with Gasteiger partial charge in [-0.2, -0.15) is 0 Å². The Hall–Kier alpha value is -1.97. The number of nitrogens with zero attached hydrogens (tertiary/aromatic N) is 1. The van der Waals surface area contributed by atoms with Gasteiger partial charge in [-0.25, -0.2) is 4.98 Å². The largest absolute Gasteiger partial charge is 0.454 e. The van der Waals surface area contributed by atoms with E-state index in [2.05, 4.69) is 17.2 Å². The van der Waals surface area contributed by atoms with E-state index in [0.29, 0.717) is 6.79 Å². The molecule has 1 aliphatic heterocycles. The Morgan fingerprint density at radius 3 is 2.94 bits per heavy atom. The van der Waals surface area contributed by atoms with Crippen LogP contribution < -0.4 is 14.8 Å². The molecule has 4 nitrogen and oxygen atoms in total. The van der Waals surface area contributed by atoms with Crippen molar-refractivity contribution >= 4 is 16.6 Å². The highest BCUT2D eigenvalue weighted by Gasteiger charge is 2.15. The molecule has 2 aromatic rings. The van der Waals surface area contributed by atoms with Crippen LogP contribution in [0.5, 0.6) is 11.5 Å². The van der Waals surface area contributed by atoms with Crippen molar-refractivity contribution in [2.75, 3.05) is 18.7 Å². The molecule has 1 N–H and O–H groups in total. The fourth-order valence-corrected chi connectivity index (χ4v) is 1.95. The second kappa shape index (κ2) is 4.13. The highest BCUT2D eigenvalue weighted by atomic mass is 16.7. The van der Waals surface area contributed by atoms with Crippen molar-refractivity contribution in [2.24, 2.45) is 0 Å². The van der Waals surface area contributed by atoms with Gasteiger partial charge < -0.3 is 14.8 Å².